The second-order valence-electron chi connectivity index (χ2n) is 4.15. The molecule has 1 aromatic heterocycles. The molecule has 96 valence electrons. The summed E-state index contributed by atoms with van der Waals surface area (Å²) in [6.07, 6.45) is 1.08. The summed E-state index contributed by atoms with van der Waals surface area (Å²) in [4.78, 5) is 12.9. The van der Waals surface area contributed by atoms with Crippen LogP contribution in [-0.2, 0) is 0 Å². The molecule has 0 spiro atoms. The van der Waals surface area contributed by atoms with Crippen molar-refractivity contribution in [1.29, 1.82) is 0 Å². The first-order chi connectivity index (χ1) is 8.02. The summed E-state index contributed by atoms with van der Waals surface area (Å²) in [5.41, 5.74) is 5.71. The zero-order valence-corrected chi connectivity index (χ0v) is 12.2. The third-order valence-corrected chi connectivity index (χ3v) is 2.81. The molecule has 0 aliphatic rings. The van der Waals surface area contributed by atoms with Gasteiger partial charge < -0.3 is 15.5 Å². The molecule has 0 aliphatic heterocycles. The molecule has 0 aromatic carbocycles. The van der Waals surface area contributed by atoms with E-state index in [0.717, 1.165) is 30.7 Å². The van der Waals surface area contributed by atoms with Crippen LogP contribution in [0.3, 0.4) is 0 Å². The smallest absolute Gasteiger partial charge is 0.228 e. The van der Waals surface area contributed by atoms with Gasteiger partial charge in [0, 0.05) is 19.2 Å². The van der Waals surface area contributed by atoms with E-state index in [0.29, 0.717) is 11.8 Å². The van der Waals surface area contributed by atoms with E-state index in [-0.39, 0.29) is 0 Å². The number of aromatic nitrogens is 2. The number of hydrogen-bond acceptors (Lipinski definition) is 5. The predicted molar refractivity (Wildman–Crippen MR) is 75.2 cm³/mol. The van der Waals surface area contributed by atoms with Gasteiger partial charge in [0.2, 0.25) is 5.95 Å². The molecule has 6 heteroatoms. The molecule has 5 nitrogen and oxygen atoms in total. The molecule has 0 amide bonds. The van der Waals surface area contributed by atoms with E-state index >= 15 is 0 Å². The minimum atomic E-state index is 0.493. The normalized spacial score (nSPS) is 10.9. The number of nitrogens with two attached hydrogens (primary N) is 1. The van der Waals surface area contributed by atoms with Crippen molar-refractivity contribution in [1.82, 2.24) is 14.9 Å². The number of rotatable bonds is 6. The van der Waals surface area contributed by atoms with Gasteiger partial charge in [0.15, 0.2) is 0 Å². The standard InChI is InChI=1S/C11H20BrN5/c1-4-17(7-5-6-16(2)3)11-14-9(12)8-10(13)15-11/h8H,4-7H2,1-3H3,(H2,13,14,15). The highest BCUT2D eigenvalue weighted by Crippen LogP contribution is 2.15. The van der Waals surface area contributed by atoms with Crippen LogP contribution in [0.4, 0.5) is 11.8 Å². The van der Waals surface area contributed by atoms with Crippen LogP contribution in [-0.4, -0.2) is 48.6 Å². The maximum atomic E-state index is 5.71. The van der Waals surface area contributed by atoms with Crippen LogP contribution in [0.1, 0.15) is 13.3 Å². The fraction of sp³-hybridized carbons (Fsp3) is 0.636. The Hall–Kier alpha value is -0.880. The third-order valence-electron chi connectivity index (χ3n) is 2.40. The van der Waals surface area contributed by atoms with E-state index in [1.165, 1.54) is 0 Å². The van der Waals surface area contributed by atoms with Gasteiger partial charge in [-0.25, -0.2) is 4.98 Å². The van der Waals surface area contributed by atoms with Crippen molar-refractivity contribution in [2.45, 2.75) is 13.3 Å². The second-order valence-corrected chi connectivity index (χ2v) is 4.96. The van der Waals surface area contributed by atoms with Crippen molar-refractivity contribution in [3.05, 3.63) is 10.7 Å². The highest BCUT2D eigenvalue weighted by molar-refractivity contribution is 9.10. The van der Waals surface area contributed by atoms with Gasteiger partial charge in [0.05, 0.1) is 0 Å². The van der Waals surface area contributed by atoms with E-state index in [9.17, 15) is 0 Å². The van der Waals surface area contributed by atoms with Crippen LogP contribution in [0.2, 0.25) is 0 Å². The lowest BCUT2D eigenvalue weighted by Crippen LogP contribution is -2.28. The van der Waals surface area contributed by atoms with Gasteiger partial charge in [-0.05, 0) is 49.9 Å². The SMILES string of the molecule is CCN(CCCN(C)C)c1nc(N)cc(Br)n1. The van der Waals surface area contributed by atoms with Crippen molar-refractivity contribution >= 4 is 27.7 Å². The largest absolute Gasteiger partial charge is 0.383 e. The Kier molecular flexibility index (Phi) is 5.64. The summed E-state index contributed by atoms with van der Waals surface area (Å²) in [5, 5.41) is 0. The van der Waals surface area contributed by atoms with Crippen LogP contribution < -0.4 is 10.6 Å². The van der Waals surface area contributed by atoms with Crippen molar-refractivity contribution in [2.24, 2.45) is 0 Å². The maximum absolute atomic E-state index is 5.71. The summed E-state index contributed by atoms with van der Waals surface area (Å²) < 4.78 is 0.728. The first kappa shape index (κ1) is 14.2. The molecule has 0 saturated carbocycles. The average molecular weight is 302 g/mol. The van der Waals surface area contributed by atoms with E-state index < -0.39 is 0 Å². The number of halogens is 1. The van der Waals surface area contributed by atoms with Crippen LogP contribution in [0.25, 0.3) is 0 Å². The lowest BCUT2D eigenvalue weighted by atomic mass is 10.3. The van der Waals surface area contributed by atoms with Crippen LogP contribution in [0.5, 0.6) is 0 Å². The Morgan fingerprint density at radius 2 is 2.00 bits per heavy atom. The molecule has 0 aliphatic carbocycles. The van der Waals surface area contributed by atoms with Gasteiger partial charge in [-0.1, -0.05) is 0 Å². The lowest BCUT2D eigenvalue weighted by Gasteiger charge is -2.22. The molecule has 1 rings (SSSR count). The van der Waals surface area contributed by atoms with E-state index in [1.807, 2.05) is 0 Å². The summed E-state index contributed by atoms with van der Waals surface area (Å²) in [7, 11) is 4.15. The monoisotopic (exact) mass is 301 g/mol. The van der Waals surface area contributed by atoms with Crippen LogP contribution in [0, 0.1) is 0 Å². The number of nitrogens with zero attached hydrogens (tertiary/aromatic N) is 4. The van der Waals surface area contributed by atoms with Gasteiger partial charge in [-0.3, -0.25) is 0 Å². The summed E-state index contributed by atoms with van der Waals surface area (Å²) in [6.45, 7) is 4.96. The minimum Gasteiger partial charge on any atom is -0.383 e. The molecule has 1 aromatic rings. The van der Waals surface area contributed by atoms with Crippen molar-refractivity contribution in [3.63, 3.8) is 0 Å². The number of hydrogen-bond donors (Lipinski definition) is 1. The highest BCUT2D eigenvalue weighted by atomic mass is 79.9. The van der Waals surface area contributed by atoms with Crippen molar-refractivity contribution in [2.75, 3.05) is 44.4 Å². The zero-order valence-electron chi connectivity index (χ0n) is 10.6. The summed E-state index contributed by atoms with van der Waals surface area (Å²) in [6, 6.07) is 1.71. The maximum Gasteiger partial charge on any atom is 0.228 e. The molecule has 0 bridgehead atoms. The molecule has 0 atom stereocenters. The van der Waals surface area contributed by atoms with Gasteiger partial charge in [0.25, 0.3) is 0 Å². The van der Waals surface area contributed by atoms with E-state index in [1.54, 1.807) is 6.07 Å². The number of nitrogen functional groups attached to an aromatic ring is 1. The average Bonchev–Trinajstić information content (AvgIpc) is 2.22. The van der Waals surface area contributed by atoms with E-state index in [2.05, 4.69) is 56.7 Å². The first-order valence-electron chi connectivity index (χ1n) is 5.72. The second kappa shape index (κ2) is 6.76. The first-order valence-corrected chi connectivity index (χ1v) is 6.52. The molecule has 0 unspecified atom stereocenters. The molecule has 17 heavy (non-hydrogen) atoms. The highest BCUT2D eigenvalue weighted by Gasteiger charge is 2.09. The Balaban J connectivity index is 2.65. The third kappa shape index (κ3) is 4.87. The molecule has 1 heterocycles. The Bertz CT molecular complexity index is 335. The molecular weight excluding hydrogens is 282 g/mol. The quantitative estimate of drug-likeness (QED) is 0.809. The number of anilines is 2. The van der Waals surface area contributed by atoms with Gasteiger partial charge in [-0.2, -0.15) is 4.98 Å². The molecule has 0 saturated heterocycles. The van der Waals surface area contributed by atoms with Crippen LogP contribution >= 0.6 is 15.9 Å². The minimum absolute atomic E-state index is 0.493. The Morgan fingerprint density at radius 1 is 1.29 bits per heavy atom. The summed E-state index contributed by atoms with van der Waals surface area (Å²) in [5.74, 6) is 1.19. The molecule has 0 radical (unpaired) electrons. The van der Waals surface area contributed by atoms with Crippen LogP contribution in [0.15, 0.2) is 10.7 Å². The van der Waals surface area contributed by atoms with Gasteiger partial charge in [0.1, 0.15) is 10.4 Å². The fourth-order valence-electron chi connectivity index (χ4n) is 1.54. The fourth-order valence-corrected chi connectivity index (χ4v) is 1.93. The predicted octanol–water partition coefficient (Wildman–Crippen LogP) is 1.60. The van der Waals surface area contributed by atoms with Gasteiger partial charge >= 0.3 is 0 Å². The zero-order chi connectivity index (χ0) is 12.8. The van der Waals surface area contributed by atoms with Crippen molar-refractivity contribution < 1.29 is 0 Å². The van der Waals surface area contributed by atoms with Crippen molar-refractivity contribution in [3.8, 4) is 0 Å². The van der Waals surface area contributed by atoms with Gasteiger partial charge in [-0.15, -0.1) is 0 Å². The Labute approximate surface area is 111 Å². The summed E-state index contributed by atoms with van der Waals surface area (Å²) >= 11 is 3.34. The Morgan fingerprint density at radius 3 is 2.53 bits per heavy atom. The molecule has 2 N–H and O–H groups in total. The van der Waals surface area contributed by atoms with E-state index in [4.69, 9.17) is 5.73 Å². The topological polar surface area (TPSA) is 58.3 Å². The lowest BCUT2D eigenvalue weighted by molar-refractivity contribution is 0.400. The molecular formula is C11H20BrN5. The molecule has 0 fully saturated rings.